The molecule has 1 aliphatic heterocycles. The molecular formula is C14H20N2O. The molecule has 3 heteroatoms. The topological polar surface area (TPSA) is 41.1 Å². The minimum absolute atomic E-state index is 0.0484. The second-order valence-corrected chi connectivity index (χ2v) is 4.64. The molecule has 0 bridgehead atoms. The van der Waals surface area contributed by atoms with Gasteiger partial charge in [0, 0.05) is 12.6 Å². The second kappa shape index (κ2) is 5.82. The van der Waals surface area contributed by atoms with E-state index in [1.54, 1.807) is 0 Å². The average molecular weight is 232 g/mol. The Kier molecular flexibility index (Phi) is 4.15. The minimum Gasteiger partial charge on any atom is -0.355 e. The predicted molar refractivity (Wildman–Crippen MR) is 68.6 cm³/mol. The van der Waals surface area contributed by atoms with Crippen LogP contribution in [0, 0.1) is 0 Å². The van der Waals surface area contributed by atoms with Gasteiger partial charge in [-0.15, -0.1) is 0 Å². The molecule has 1 saturated heterocycles. The molecule has 17 heavy (non-hydrogen) atoms. The third-order valence-corrected chi connectivity index (χ3v) is 3.29. The first-order valence-electron chi connectivity index (χ1n) is 6.36. The van der Waals surface area contributed by atoms with Gasteiger partial charge in [-0.1, -0.05) is 30.3 Å². The van der Waals surface area contributed by atoms with E-state index in [1.165, 1.54) is 5.56 Å². The highest BCUT2D eigenvalue weighted by Crippen LogP contribution is 2.14. The molecule has 0 aliphatic carbocycles. The lowest BCUT2D eigenvalue weighted by Crippen LogP contribution is -2.43. The Labute approximate surface area is 103 Å². The molecule has 1 unspecified atom stereocenters. The number of rotatable bonds is 3. The standard InChI is InChI=1S/C14H20N2O/c1-11(12-7-3-2-4-8-12)16-13-9-5-6-10-15-14(13)17/h2-4,7-8,11,13,16H,5-6,9-10H2,1H3,(H,15,17)/t11-,13?/m1/s1. The highest BCUT2D eigenvalue weighted by Gasteiger charge is 2.22. The molecular weight excluding hydrogens is 212 g/mol. The number of hydrogen-bond donors (Lipinski definition) is 2. The highest BCUT2D eigenvalue weighted by atomic mass is 16.2. The van der Waals surface area contributed by atoms with Crippen molar-refractivity contribution in [3.05, 3.63) is 35.9 Å². The van der Waals surface area contributed by atoms with Crippen molar-refractivity contribution in [2.75, 3.05) is 6.54 Å². The summed E-state index contributed by atoms with van der Waals surface area (Å²) in [6, 6.07) is 10.4. The lowest BCUT2D eigenvalue weighted by Gasteiger charge is -2.21. The highest BCUT2D eigenvalue weighted by molar-refractivity contribution is 5.81. The molecule has 92 valence electrons. The summed E-state index contributed by atoms with van der Waals surface area (Å²) in [7, 11) is 0. The molecule has 0 radical (unpaired) electrons. The van der Waals surface area contributed by atoms with E-state index in [0.29, 0.717) is 0 Å². The van der Waals surface area contributed by atoms with Gasteiger partial charge >= 0.3 is 0 Å². The van der Waals surface area contributed by atoms with E-state index < -0.39 is 0 Å². The summed E-state index contributed by atoms with van der Waals surface area (Å²) in [5.74, 6) is 0.144. The Morgan fingerprint density at radius 3 is 2.82 bits per heavy atom. The Balaban J connectivity index is 1.97. The number of hydrogen-bond acceptors (Lipinski definition) is 2. The lowest BCUT2D eigenvalue weighted by molar-refractivity contribution is -0.123. The van der Waals surface area contributed by atoms with E-state index in [9.17, 15) is 4.79 Å². The molecule has 1 aliphatic rings. The fourth-order valence-electron chi connectivity index (χ4n) is 2.24. The Bertz CT molecular complexity index is 364. The zero-order chi connectivity index (χ0) is 12.1. The molecule has 0 saturated carbocycles. The van der Waals surface area contributed by atoms with Crippen molar-refractivity contribution in [3.8, 4) is 0 Å². The van der Waals surface area contributed by atoms with E-state index in [1.807, 2.05) is 18.2 Å². The van der Waals surface area contributed by atoms with Crippen LogP contribution in [0.5, 0.6) is 0 Å². The summed E-state index contributed by atoms with van der Waals surface area (Å²) in [5, 5.41) is 6.36. The molecule has 2 N–H and O–H groups in total. The SMILES string of the molecule is C[C@@H](NC1CCCCNC1=O)c1ccccc1. The Hall–Kier alpha value is -1.35. The number of nitrogens with one attached hydrogen (secondary N) is 2. The summed E-state index contributed by atoms with van der Waals surface area (Å²) in [4.78, 5) is 11.8. The molecule has 1 fully saturated rings. The van der Waals surface area contributed by atoms with Gasteiger partial charge in [-0.3, -0.25) is 10.1 Å². The lowest BCUT2D eigenvalue weighted by atomic mass is 10.1. The number of amides is 1. The molecule has 3 nitrogen and oxygen atoms in total. The third-order valence-electron chi connectivity index (χ3n) is 3.29. The van der Waals surface area contributed by atoms with E-state index in [0.717, 1.165) is 25.8 Å². The van der Waals surface area contributed by atoms with Gasteiger partial charge < -0.3 is 5.32 Å². The monoisotopic (exact) mass is 232 g/mol. The van der Waals surface area contributed by atoms with Crippen LogP contribution in [0.2, 0.25) is 0 Å². The van der Waals surface area contributed by atoms with Crippen molar-refractivity contribution in [2.45, 2.75) is 38.3 Å². The van der Waals surface area contributed by atoms with Crippen LogP contribution in [0.15, 0.2) is 30.3 Å². The first kappa shape index (κ1) is 12.1. The molecule has 0 aromatic heterocycles. The van der Waals surface area contributed by atoms with E-state index in [2.05, 4.69) is 29.7 Å². The first-order chi connectivity index (χ1) is 8.27. The molecule has 2 rings (SSSR count). The Morgan fingerprint density at radius 1 is 1.29 bits per heavy atom. The summed E-state index contributed by atoms with van der Waals surface area (Å²) in [6.07, 6.45) is 3.13. The molecule has 0 spiro atoms. The van der Waals surface area contributed by atoms with Crippen molar-refractivity contribution in [1.82, 2.24) is 10.6 Å². The predicted octanol–water partition coefficient (Wildman–Crippen LogP) is 2.01. The minimum atomic E-state index is -0.0484. The van der Waals surface area contributed by atoms with Gasteiger partial charge in [-0.05, 0) is 31.7 Å². The van der Waals surface area contributed by atoms with Gasteiger partial charge in [0.15, 0.2) is 0 Å². The van der Waals surface area contributed by atoms with Gasteiger partial charge in [-0.25, -0.2) is 0 Å². The summed E-state index contributed by atoms with van der Waals surface area (Å²) in [6.45, 7) is 2.92. The average Bonchev–Trinajstić information content (AvgIpc) is 2.56. The van der Waals surface area contributed by atoms with Crippen LogP contribution in [0.3, 0.4) is 0 Å². The molecule has 1 amide bonds. The quantitative estimate of drug-likeness (QED) is 0.837. The van der Waals surface area contributed by atoms with Crippen molar-refractivity contribution in [1.29, 1.82) is 0 Å². The fraction of sp³-hybridized carbons (Fsp3) is 0.500. The van der Waals surface area contributed by atoms with Gasteiger partial charge in [0.05, 0.1) is 6.04 Å². The van der Waals surface area contributed by atoms with Gasteiger partial charge in [-0.2, -0.15) is 0 Å². The van der Waals surface area contributed by atoms with Crippen LogP contribution in [0.25, 0.3) is 0 Å². The van der Waals surface area contributed by atoms with Crippen molar-refractivity contribution < 1.29 is 4.79 Å². The van der Waals surface area contributed by atoms with Crippen LogP contribution in [0.1, 0.15) is 37.8 Å². The van der Waals surface area contributed by atoms with Crippen LogP contribution in [-0.2, 0) is 4.79 Å². The Morgan fingerprint density at radius 2 is 2.06 bits per heavy atom. The first-order valence-corrected chi connectivity index (χ1v) is 6.36. The van der Waals surface area contributed by atoms with Crippen LogP contribution in [-0.4, -0.2) is 18.5 Å². The maximum absolute atomic E-state index is 11.8. The summed E-state index contributed by atoms with van der Waals surface area (Å²) >= 11 is 0. The van der Waals surface area contributed by atoms with E-state index >= 15 is 0 Å². The van der Waals surface area contributed by atoms with E-state index in [4.69, 9.17) is 0 Å². The van der Waals surface area contributed by atoms with Crippen molar-refractivity contribution >= 4 is 5.91 Å². The number of carbonyl (C=O) groups excluding carboxylic acids is 1. The van der Waals surface area contributed by atoms with Crippen LogP contribution >= 0.6 is 0 Å². The van der Waals surface area contributed by atoms with Gasteiger partial charge in [0.25, 0.3) is 0 Å². The third kappa shape index (κ3) is 3.30. The second-order valence-electron chi connectivity index (χ2n) is 4.64. The number of carbonyl (C=O) groups is 1. The number of benzene rings is 1. The smallest absolute Gasteiger partial charge is 0.237 e. The van der Waals surface area contributed by atoms with Crippen LogP contribution in [0.4, 0.5) is 0 Å². The largest absolute Gasteiger partial charge is 0.355 e. The molecule has 1 aromatic rings. The zero-order valence-electron chi connectivity index (χ0n) is 10.3. The molecule has 1 heterocycles. The summed E-state index contributed by atoms with van der Waals surface area (Å²) in [5.41, 5.74) is 1.23. The van der Waals surface area contributed by atoms with E-state index in [-0.39, 0.29) is 18.0 Å². The van der Waals surface area contributed by atoms with Gasteiger partial charge in [0.2, 0.25) is 5.91 Å². The van der Waals surface area contributed by atoms with Crippen molar-refractivity contribution in [2.24, 2.45) is 0 Å². The zero-order valence-corrected chi connectivity index (χ0v) is 10.3. The molecule has 2 atom stereocenters. The maximum Gasteiger partial charge on any atom is 0.237 e. The van der Waals surface area contributed by atoms with Gasteiger partial charge in [0.1, 0.15) is 0 Å². The van der Waals surface area contributed by atoms with Crippen LogP contribution < -0.4 is 10.6 Å². The molecule has 1 aromatic carbocycles. The maximum atomic E-state index is 11.8. The normalized spacial score (nSPS) is 22.6. The summed E-state index contributed by atoms with van der Waals surface area (Å²) < 4.78 is 0. The van der Waals surface area contributed by atoms with Crippen molar-refractivity contribution in [3.63, 3.8) is 0 Å². The fourth-order valence-corrected chi connectivity index (χ4v) is 2.24.